The summed E-state index contributed by atoms with van der Waals surface area (Å²) in [6.45, 7) is 4.37. The van der Waals surface area contributed by atoms with E-state index < -0.39 is 0 Å². The molecule has 0 unspecified atom stereocenters. The van der Waals surface area contributed by atoms with Gasteiger partial charge in [0.15, 0.2) is 0 Å². The summed E-state index contributed by atoms with van der Waals surface area (Å²) in [4.78, 5) is 4.70. The van der Waals surface area contributed by atoms with Crippen LogP contribution in [-0.4, -0.2) is 10.8 Å². The molecular weight excluding hydrogens is 304 g/mol. The van der Waals surface area contributed by atoms with Crippen LogP contribution in [0.4, 0.5) is 5.69 Å². The molecule has 3 rings (SSSR count). The number of hydrogen-bond donors (Lipinski definition) is 0. The number of aliphatic imine (C=N–C) groups is 1. The molecule has 2 aromatic carbocycles. The predicted molar refractivity (Wildman–Crippen MR) is 98.6 cm³/mol. The molecule has 1 aromatic heterocycles. The Balaban J connectivity index is 1.93. The van der Waals surface area contributed by atoms with E-state index in [0.717, 1.165) is 22.1 Å². The smallest absolute Gasteiger partial charge is 0.0665 e. The van der Waals surface area contributed by atoms with E-state index in [1.807, 2.05) is 48.8 Å². The SMILES string of the molecule is CC(C)c1ccccc1N=Cc1cccn1-c1ccc(Cl)cc1. The van der Waals surface area contributed by atoms with Gasteiger partial charge in [-0.15, -0.1) is 0 Å². The lowest BCUT2D eigenvalue weighted by Gasteiger charge is -2.09. The minimum atomic E-state index is 0.450. The van der Waals surface area contributed by atoms with Gasteiger partial charge in [0.1, 0.15) is 0 Å². The van der Waals surface area contributed by atoms with Crippen LogP contribution in [0.15, 0.2) is 71.9 Å². The Bertz CT molecular complexity index is 814. The van der Waals surface area contributed by atoms with Gasteiger partial charge in [-0.1, -0.05) is 43.6 Å². The lowest BCUT2D eigenvalue weighted by molar-refractivity contribution is 0.867. The number of rotatable bonds is 4. The molecule has 0 aliphatic heterocycles. The average Bonchev–Trinajstić information content (AvgIpc) is 3.02. The summed E-state index contributed by atoms with van der Waals surface area (Å²) in [5.74, 6) is 0.450. The fourth-order valence-corrected chi connectivity index (χ4v) is 2.69. The maximum atomic E-state index is 5.97. The third-order valence-corrected chi connectivity index (χ3v) is 4.03. The number of nitrogens with zero attached hydrogens (tertiary/aromatic N) is 2. The van der Waals surface area contributed by atoms with E-state index in [4.69, 9.17) is 16.6 Å². The summed E-state index contributed by atoms with van der Waals surface area (Å²) in [6.07, 6.45) is 3.94. The molecule has 0 fully saturated rings. The Labute approximate surface area is 142 Å². The van der Waals surface area contributed by atoms with E-state index in [1.54, 1.807) is 0 Å². The molecule has 2 nitrogen and oxygen atoms in total. The third-order valence-electron chi connectivity index (χ3n) is 3.78. The van der Waals surface area contributed by atoms with Crippen molar-refractivity contribution in [3.8, 4) is 5.69 Å². The van der Waals surface area contributed by atoms with E-state index in [2.05, 4.69) is 42.7 Å². The number of hydrogen-bond acceptors (Lipinski definition) is 1. The predicted octanol–water partition coefficient (Wildman–Crippen LogP) is 6.00. The van der Waals surface area contributed by atoms with Crippen LogP contribution in [0.1, 0.15) is 31.0 Å². The van der Waals surface area contributed by atoms with Gasteiger partial charge in [-0.3, -0.25) is 4.99 Å². The van der Waals surface area contributed by atoms with Gasteiger partial charge >= 0.3 is 0 Å². The first-order chi connectivity index (χ1) is 11.1. The fraction of sp³-hybridized carbons (Fsp3) is 0.150. The maximum absolute atomic E-state index is 5.97. The Morgan fingerprint density at radius 2 is 1.70 bits per heavy atom. The molecule has 116 valence electrons. The maximum Gasteiger partial charge on any atom is 0.0665 e. The van der Waals surface area contributed by atoms with E-state index >= 15 is 0 Å². The Morgan fingerprint density at radius 1 is 0.957 bits per heavy atom. The normalized spacial score (nSPS) is 11.5. The van der Waals surface area contributed by atoms with Gasteiger partial charge in [0.25, 0.3) is 0 Å². The fourth-order valence-electron chi connectivity index (χ4n) is 2.57. The molecule has 0 bridgehead atoms. The molecule has 0 aliphatic carbocycles. The number of benzene rings is 2. The van der Waals surface area contributed by atoms with Crippen molar-refractivity contribution in [2.45, 2.75) is 19.8 Å². The second-order valence-corrected chi connectivity index (χ2v) is 6.19. The molecule has 0 spiro atoms. The zero-order valence-corrected chi connectivity index (χ0v) is 14.0. The van der Waals surface area contributed by atoms with E-state index in [0.29, 0.717) is 5.92 Å². The van der Waals surface area contributed by atoms with Crippen LogP contribution < -0.4 is 0 Å². The van der Waals surface area contributed by atoms with E-state index in [1.165, 1.54) is 5.56 Å². The average molecular weight is 323 g/mol. The monoisotopic (exact) mass is 322 g/mol. The third kappa shape index (κ3) is 3.54. The molecule has 0 radical (unpaired) electrons. The van der Waals surface area contributed by atoms with E-state index in [-0.39, 0.29) is 0 Å². The summed E-state index contributed by atoms with van der Waals surface area (Å²) in [5, 5.41) is 0.738. The molecule has 0 aliphatic rings. The Kier molecular flexibility index (Phi) is 4.63. The first-order valence-electron chi connectivity index (χ1n) is 7.71. The number of halogens is 1. The second kappa shape index (κ2) is 6.84. The molecular formula is C20H19ClN2. The largest absolute Gasteiger partial charge is 0.316 e. The first-order valence-corrected chi connectivity index (χ1v) is 8.09. The lowest BCUT2D eigenvalue weighted by Crippen LogP contribution is -1.97. The quantitative estimate of drug-likeness (QED) is 0.524. The highest BCUT2D eigenvalue weighted by Crippen LogP contribution is 2.26. The van der Waals surface area contributed by atoms with Crippen molar-refractivity contribution in [2.24, 2.45) is 4.99 Å². The van der Waals surface area contributed by atoms with Gasteiger partial charge in [-0.05, 0) is 53.9 Å². The Hall–Kier alpha value is -2.32. The lowest BCUT2D eigenvalue weighted by atomic mass is 10.0. The number of aromatic nitrogens is 1. The first kappa shape index (κ1) is 15.6. The van der Waals surface area contributed by atoms with Crippen LogP contribution in [0.2, 0.25) is 5.02 Å². The molecule has 0 saturated carbocycles. The zero-order chi connectivity index (χ0) is 16.2. The zero-order valence-electron chi connectivity index (χ0n) is 13.3. The highest BCUT2D eigenvalue weighted by atomic mass is 35.5. The van der Waals surface area contributed by atoms with Crippen LogP contribution in [-0.2, 0) is 0 Å². The summed E-state index contributed by atoms with van der Waals surface area (Å²) < 4.78 is 2.10. The molecule has 1 heterocycles. The summed E-state index contributed by atoms with van der Waals surface area (Å²) in [7, 11) is 0. The van der Waals surface area contributed by atoms with Gasteiger partial charge in [0.05, 0.1) is 17.6 Å². The van der Waals surface area contributed by atoms with Crippen LogP contribution in [0.25, 0.3) is 5.69 Å². The Morgan fingerprint density at radius 3 is 2.43 bits per heavy atom. The van der Waals surface area contributed by atoms with E-state index in [9.17, 15) is 0 Å². The molecule has 0 saturated heterocycles. The summed E-state index contributed by atoms with van der Waals surface area (Å²) >= 11 is 5.97. The van der Waals surface area contributed by atoms with Crippen LogP contribution in [0, 0.1) is 0 Å². The van der Waals surface area contributed by atoms with Crippen molar-refractivity contribution in [3.05, 3.63) is 83.1 Å². The molecule has 0 amide bonds. The minimum Gasteiger partial charge on any atom is -0.316 e. The van der Waals surface area contributed by atoms with Gasteiger partial charge in [0.2, 0.25) is 0 Å². The molecule has 0 atom stereocenters. The molecule has 0 N–H and O–H groups in total. The topological polar surface area (TPSA) is 17.3 Å². The van der Waals surface area contributed by atoms with Gasteiger partial charge in [-0.2, -0.15) is 0 Å². The van der Waals surface area contributed by atoms with Crippen LogP contribution in [0.5, 0.6) is 0 Å². The van der Waals surface area contributed by atoms with Crippen molar-refractivity contribution < 1.29 is 0 Å². The van der Waals surface area contributed by atoms with Crippen LogP contribution >= 0.6 is 11.6 Å². The van der Waals surface area contributed by atoms with Gasteiger partial charge in [0, 0.05) is 16.9 Å². The summed E-state index contributed by atoms with van der Waals surface area (Å²) in [6, 6.07) is 20.1. The molecule has 3 heteroatoms. The molecule has 23 heavy (non-hydrogen) atoms. The van der Waals surface area contributed by atoms with Crippen molar-refractivity contribution in [2.75, 3.05) is 0 Å². The van der Waals surface area contributed by atoms with Crippen molar-refractivity contribution in [3.63, 3.8) is 0 Å². The minimum absolute atomic E-state index is 0.450. The standard InChI is InChI=1S/C20H19ClN2/c1-15(2)19-7-3-4-8-20(19)22-14-18-6-5-13-23(18)17-11-9-16(21)10-12-17/h3-15H,1-2H3. The van der Waals surface area contributed by atoms with Crippen molar-refractivity contribution in [1.29, 1.82) is 0 Å². The number of para-hydroxylation sites is 1. The second-order valence-electron chi connectivity index (χ2n) is 5.75. The summed E-state index contributed by atoms with van der Waals surface area (Å²) in [5.41, 5.74) is 4.38. The molecule has 3 aromatic rings. The highest BCUT2D eigenvalue weighted by Gasteiger charge is 2.05. The van der Waals surface area contributed by atoms with Gasteiger partial charge in [-0.25, -0.2) is 0 Å². The van der Waals surface area contributed by atoms with Gasteiger partial charge < -0.3 is 4.57 Å². The highest BCUT2D eigenvalue weighted by molar-refractivity contribution is 6.30. The van der Waals surface area contributed by atoms with Crippen molar-refractivity contribution in [1.82, 2.24) is 4.57 Å². The van der Waals surface area contributed by atoms with Crippen LogP contribution in [0.3, 0.4) is 0 Å². The van der Waals surface area contributed by atoms with Crippen molar-refractivity contribution >= 4 is 23.5 Å².